The summed E-state index contributed by atoms with van der Waals surface area (Å²) in [6.45, 7) is 4.92. The van der Waals surface area contributed by atoms with Gasteiger partial charge >= 0.3 is 17.9 Å². The molecule has 0 rings (SSSR count). The first-order valence-corrected chi connectivity index (χ1v) is 28.4. The van der Waals surface area contributed by atoms with Crippen molar-refractivity contribution in [2.75, 3.05) is 47.5 Å². The Kier molecular flexibility index (Phi) is 48.0. The Bertz CT molecular complexity index is 1090. The highest BCUT2D eigenvalue weighted by Gasteiger charge is 2.25. The number of carboxylic acids is 1. The number of carbonyl (C=O) groups is 3. The number of ether oxygens (including phenoxy) is 4. The van der Waals surface area contributed by atoms with Crippen LogP contribution in [-0.4, -0.2) is 87.4 Å². The van der Waals surface area contributed by atoms with Gasteiger partial charge in [-0.25, -0.2) is 4.79 Å². The summed E-state index contributed by atoms with van der Waals surface area (Å²) in [7, 11) is 5.98. The molecular formula is C57H110NO8+. The SMILES string of the molecule is CCCCCCCCCC/C=C\CCCCCCCCCCCCCCCCCC(=O)OC(COC(=O)CCCCCCCCCCCCCCCC)COC(OCC[N+](C)(C)C)C(=O)O. The molecule has 0 saturated heterocycles. The lowest BCUT2D eigenvalue weighted by Gasteiger charge is -2.25. The van der Waals surface area contributed by atoms with Crippen LogP contribution in [0.25, 0.3) is 0 Å². The van der Waals surface area contributed by atoms with Gasteiger partial charge in [0.05, 0.1) is 34.4 Å². The summed E-state index contributed by atoms with van der Waals surface area (Å²) in [5.41, 5.74) is 0. The zero-order valence-electron chi connectivity index (χ0n) is 44.4. The van der Waals surface area contributed by atoms with Gasteiger partial charge < -0.3 is 28.5 Å². The fourth-order valence-electron chi connectivity index (χ4n) is 8.36. The standard InChI is InChI=1S/C57H109NO8/c1-6-8-10-12-14-16-18-20-22-23-24-25-26-27-28-29-30-31-32-33-34-36-38-40-42-44-46-48-55(60)66-53(52-65-57(56(61)62)63-50-49-58(3,4)5)51-64-54(59)47-45-43-41-39-37-35-21-19-17-15-13-11-9-7-2/h23-24,53,57H,6-22,25-52H2,1-5H3/p+1/b24-23-. The summed E-state index contributed by atoms with van der Waals surface area (Å²) in [5.74, 6) is -1.98. The Morgan fingerprint density at radius 2 is 0.773 bits per heavy atom. The summed E-state index contributed by atoms with van der Waals surface area (Å²) in [5, 5.41) is 9.68. The van der Waals surface area contributed by atoms with Crippen LogP contribution in [0.1, 0.15) is 277 Å². The zero-order chi connectivity index (χ0) is 48.4. The minimum atomic E-state index is -1.50. The number of hydrogen-bond acceptors (Lipinski definition) is 7. The largest absolute Gasteiger partial charge is 0.477 e. The van der Waals surface area contributed by atoms with Gasteiger partial charge in [0.15, 0.2) is 6.10 Å². The number of nitrogens with zero attached hydrogens (tertiary/aromatic N) is 1. The number of hydrogen-bond donors (Lipinski definition) is 1. The Labute approximate surface area is 408 Å². The fourth-order valence-corrected chi connectivity index (χ4v) is 8.36. The number of esters is 2. The molecule has 390 valence electrons. The predicted octanol–water partition coefficient (Wildman–Crippen LogP) is 16.2. The van der Waals surface area contributed by atoms with Gasteiger partial charge in [0.25, 0.3) is 6.29 Å². The first kappa shape index (κ1) is 64.0. The van der Waals surface area contributed by atoms with Crippen LogP contribution in [0.2, 0.25) is 0 Å². The Hall–Kier alpha value is -1.97. The highest BCUT2D eigenvalue weighted by atomic mass is 16.7. The van der Waals surface area contributed by atoms with E-state index in [0.717, 1.165) is 38.5 Å². The minimum Gasteiger partial charge on any atom is -0.477 e. The molecule has 0 aliphatic carbocycles. The molecule has 0 aromatic carbocycles. The molecule has 0 radical (unpaired) electrons. The van der Waals surface area contributed by atoms with Crippen molar-refractivity contribution in [3.63, 3.8) is 0 Å². The average molecular weight is 938 g/mol. The van der Waals surface area contributed by atoms with Gasteiger partial charge in [-0.3, -0.25) is 9.59 Å². The molecule has 0 aliphatic heterocycles. The van der Waals surface area contributed by atoms with Gasteiger partial charge in [-0.05, 0) is 38.5 Å². The highest BCUT2D eigenvalue weighted by molar-refractivity contribution is 5.71. The molecule has 0 heterocycles. The third-order valence-corrected chi connectivity index (χ3v) is 12.8. The topological polar surface area (TPSA) is 108 Å². The van der Waals surface area contributed by atoms with Crippen molar-refractivity contribution in [3.05, 3.63) is 12.2 Å². The minimum absolute atomic E-state index is 0.175. The number of unbranched alkanes of at least 4 members (excludes halogenated alkanes) is 36. The van der Waals surface area contributed by atoms with Crippen LogP contribution in [-0.2, 0) is 33.3 Å². The van der Waals surface area contributed by atoms with Crippen LogP contribution in [0.4, 0.5) is 0 Å². The number of likely N-dealkylation sites (N-methyl/N-ethyl adjacent to an activating group) is 1. The molecule has 0 aliphatic rings. The van der Waals surface area contributed by atoms with E-state index in [4.69, 9.17) is 18.9 Å². The second-order valence-electron chi connectivity index (χ2n) is 20.6. The molecular weight excluding hydrogens is 827 g/mol. The zero-order valence-corrected chi connectivity index (χ0v) is 44.4. The van der Waals surface area contributed by atoms with Crippen LogP contribution >= 0.6 is 0 Å². The van der Waals surface area contributed by atoms with E-state index in [-0.39, 0.29) is 38.2 Å². The number of allylic oxidation sites excluding steroid dienone is 2. The highest BCUT2D eigenvalue weighted by Crippen LogP contribution is 2.17. The maximum Gasteiger partial charge on any atom is 0.361 e. The van der Waals surface area contributed by atoms with Gasteiger partial charge in [-0.2, -0.15) is 0 Å². The third-order valence-electron chi connectivity index (χ3n) is 12.8. The van der Waals surface area contributed by atoms with Crippen molar-refractivity contribution in [2.24, 2.45) is 0 Å². The summed E-state index contributed by atoms with van der Waals surface area (Å²) in [4.78, 5) is 37.3. The van der Waals surface area contributed by atoms with Crippen molar-refractivity contribution in [2.45, 2.75) is 289 Å². The monoisotopic (exact) mass is 937 g/mol. The molecule has 2 atom stereocenters. The van der Waals surface area contributed by atoms with Crippen molar-refractivity contribution < 1.29 is 42.9 Å². The lowest BCUT2D eigenvalue weighted by atomic mass is 10.0. The number of quaternary nitrogens is 1. The van der Waals surface area contributed by atoms with Crippen LogP contribution < -0.4 is 0 Å². The molecule has 1 N–H and O–H groups in total. The van der Waals surface area contributed by atoms with E-state index in [1.807, 2.05) is 21.1 Å². The normalized spacial score (nSPS) is 12.8. The molecule has 0 bridgehead atoms. The summed E-state index contributed by atoms with van der Waals surface area (Å²) >= 11 is 0. The number of carboxylic acid groups (broad SMARTS) is 1. The molecule has 0 aromatic heterocycles. The molecule has 0 saturated carbocycles. The number of aliphatic carboxylic acids is 1. The molecule has 0 fully saturated rings. The summed E-state index contributed by atoms with van der Waals surface area (Å²) < 4.78 is 22.9. The number of carbonyl (C=O) groups excluding carboxylic acids is 2. The molecule has 0 spiro atoms. The first-order valence-electron chi connectivity index (χ1n) is 28.4. The molecule has 9 nitrogen and oxygen atoms in total. The smallest absolute Gasteiger partial charge is 0.361 e. The van der Waals surface area contributed by atoms with E-state index < -0.39 is 18.4 Å². The van der Waals surface area contributed by atoms with Gasteiger partial charge in [0.1, 0.15) is 13.2 Å². The van der Waals surface area contributed by atoms with Gasteiger partial charge in [-0.15, -0.1) is 0 Å². The van der Waals surface area contributed by atoms with Gasteiger partial charge in [0, 0.05) is 12.8 Å². The fraction of sp³-hybridized carbons (Fsp3) is 0.912. The maximum absolute atomic E-state index is 12.9. The van der Waals surface area contributed by atoms with E-state index in [2.05, 4.69) is 26.0 Å². The second-order valence-corrected chi connectivity index (χ2v) is 20.6. The van der Waals surface area contributed by atoms with Gasteiger partial charge in [-0.1, -0.05) is 238 Å². The van der Waals surface area contributed by atoms with Crippen LogP contribution in [0.5, 0.6) is 0 Å². The molecule has 0 amide bonds. The lowest BCUT2D eigenvalue weighted by molar-refractivity contribution is -0.870. The van der Waals surface area contributed by atoms with Gasteiger partial charge in [0.2, 0.25) is 0 Å². The van der Waals surface area contributed by atoms with Crippen molar-refractivity contribution in [1.29, 1.82) is 0 Å². The maximum atomic E-state index is 12.9. The van der Waals surface area contributed by atoms with Crippen LogP contribution in [0.15, 0.2) is 12.2 Å². The Morgan fingerprint density at radius 3 is 1.12 bits per heavy atom. The molecule has 0 aromatic rings. The molecule has 2 unspecified atom stereocenters. The van der Waals surface area contributed by atoms with E-state index in [1.165, 1.54) is 212 Å². The number of rotatable bonds is 53. The Balaban J connectivity index is 4.15. The van der Waals surface area contributed by atoms with E-state index in [1.54, 1.807) is 0 Å². The second kappa shape index (κ2) is 49.5. The summed E-state index contributed by atoms with van der Waals surface area (Å²) in [6.07, 6.45) is 52.9. The van der Waals surface area contributed by atoms with Crippen LogP contribution in [0.3, 0.4) is 0 Å². The van der Waals surface area contributed by atoms with E-state index in [9.17, 15) is 19.5 Å². The Morgan fingerprint density at radius 1 is 0.439 bits per heavy atom. The third kappa shape index (κ3) is 49.9. The van der Waals surface area contributed by atoms with Crippen molar-refractivity contribution in [1.82, 2.24) is 0 Å². The quantitative estimate of drug-likeness (QED) is 0.0211. The summed E-state index contributed by atoms with van der Waals surface area (Å²) in [6, 6.07) is 0. The van der Waals surface area contributed by atoms with E-state index >= 15 is 0 Å². The predicted molar refractivity (Wildman–Crippen MR) is 277 cm³/mol. The van der Waals surface area contributed by atoms with Crippen molar-refractivity contribution >= 4 is 17.9 Å². The molecule has 9 heteroatoms. The lowest BCUT2D eigenvalue weighted by Crippen LogP contribution is -2.40. The first-order chi connectivity index (χ1) is 32.1. The molecule has 66 heavy (non-hydrogen) atoms. The van der Waals surface area contributed by atoms with Crippen molar-refractivity contribution in [3.8, 4) is 0 Å². The van der Waals surface area contributed by atoms with Crippen LogP contribution in [0, 0.1) is 0 Å². The van der Waals surface area contributed by atoms with E-state index in [0.29, 0.717) is 17.4 Å². The average Bonchev–Trinajstić information content (AvgIpc) is 3.28.